The molecule has 0 saturated carbocycles. The van der Waals surface area contributed by atoms with Gasteiger partial charge < -0.3 is 5.32 Å². The van der Waals surface area contributed by atoms with E-state index in [2.05, 4.69) is 15.0 Å². The lowest BCUT2D eigenvalue weighted by Gasteiger charge is -2.09. The second-order valence-electron chi connectivity index (χ2n) is 5.80. The van der Waals surface area contributed by atoms with E-state index in [1.807, 2.05) is 19.9 Å². The second-order valence-corrected chi connectivity index (χ2v) is 8.37. The quantitative estimate of drug-likeness (QED) is 0.697. The molecule has 8 heteroatoms. The lowest BCUT2D eigenvalue weighted by atomic mass is 10.1. The first-order valence-electron chi connectivity index (χ1n) is 7.75. The Labute approximate surface area is 156 Å². The first-order valence-corrected chi connectivity index (χ1v) is 10.1. The van der Waals surface area contributed by atoms with Crippen LogP contribution in [0.25, 0.3) is 0 Å². The van der Waals surface area contributed by atoms with Crippen molar-refractivity contribution in [3.63, 3.8) is 0 Å². The van der Waals surface area contributed by atoms with Gasteiger partial charge in [-0.3, -0.25) is 9.52 Å². The summed E-state index contributed by atoms with van der Waals surface area (Å²) < 4.78 is 27.0. The van der Waals surface area contributed by atoms with Crippen molar-refractivity contribution in [3.05, 3.63) is 70.7 Å². The molecule has 0 saturated heterocycles. The van der Waals surface area contributed by atoms with E-state index < -0.39 is 10.0 Å². The maximum Gasteiger partial charge on any atom is 0.263 e. The third-order valence-electron chi connectivity index (χ3n) is 3.56. The van der Waals surface area contributed by atoms with Crippen LogP contribution < -0.4 is 10.0 Å². The van der Waals surface area contributed by atoms with Gasteiger partial charge in [-0.15, -0.1) is 11.3 Å². The molecule has 0 aliphatic heterocycles. The number of amides is 1. The molecular weight excluding hydrogens is 370 g/mol. The Morgan fingerprint density at radius 3 is 2.27 bits per heavy atom. The fraction of sp³-hybridized carbons (Fsp3) is 0.111. The van der Waals surface area contributed by atoms with Crippen LogP contribution in [-0.2, 0) is 10.0 Å². The van der Waals surface area contributed by atoms with Crippen LogP contribution in [0.2, 0.25) is 0 Å². The Hall–Kier alpha value is -2.71. The van der Waals surface area contributed by atoms with Crippen LogP contribution in [0.5, 0.6) is 0 Å². The molecule has 0 spiro atoms. The average Bonchev–Trinajstić information content (AvgIpc) is 3.06. The molecule has 1 heterocycles. The van der Waals surface area contributed by atoms with Gasteiger partial charge in [0, 0.05) is 22.8 Å². The summed E-state index contributed by atoms with van der Waals surface area (Å²) >= 11 is 1.20. The summed E-state index contributed by atoms with van der Waals surface area (Å²) in [5.41, 5.74) is 3.08. The lowest BCUT2D eigenvalue weighted by molar-refractivity contribution is 0.102. The monoisotopic (exact) mass is 387 g/mol. The number of anilines is 2. The summed E-state index contributed by atoms with van der Waals surface area (Å²) in [6.45, 7) is 3.86. The highest BCUT2D eigenvalue weighted by atomic mass is 32.2. The zero-order valence-electron chi connectivity index (χ0n) is 14.2. The number of aryl methyl sites for hydroxylation is 2. The van der Waals surface area contributed by atoms with E-state index in [-0.39, 0.29) is 10.8 Å². The summed E-state index contributed by atoms with van der Waals surface area (Å²) in [6.07, 6.45) is 1.52. The molecule has 0 unspecified atom stereocenters. The number of rotatable bonds is 5. The molecule has 0 radical (unpaired) electrons. The van der Waals surface area contributed by atoms with Crippen molar-refractivity contribution in [2.45, 2.75) is 18.7 Å². The molecule has 26 heavy (non-hydrogen) atoms. The molecule has 1 amide bonds. The topological polar surface area (TPSA) is 88.2 Å². The standard InChI is InChI=1S/C18H17N3O3S2/c1-12-9-13(2)11-14(10-12)17(22)20-15-3-5-16(6-4-15)26(23,24)21-18-19-7-8-25-18/h3-11H,1-2H3,(H,19,21)(H,20,22). The van der Waals surface area contributed by atoms with E-state index in [4.69, 9.17) is 0 Å². The normalized spacial score (nSPS) is 11.2. The van der Waals surface area contributed by atoms with Gasteiger partial charge in [-0.05, 0) is 50.2 Å². The molecule has 1 aromatic heterocycles. The van der Waals surface area contributed by atoms with Gasteiger partial charge in [-0.2, -0.15) is 0 Å². The first-order chi connectivity index (χ1) is 12.3. The van der Waals surface area contributed by atoms with E-state index in [1.165, 1.54) is 29.7 Å². The highest BCUT2D eigenvalue weighted by molar-refractivity contribution is 7.93. The number of hydrogen-bond donors (Lipinski definition) is 2. The van der Waals surface area contributed by atoms with E-state index in [1.54, 1.807) is 29.6 Å². The average molecular weight is 387 g/mol. The number of sulfonamides is 1. The number of carbonyl (C=O) groups is 1. The molecule has 2 aromatic carbocycles. The van der Waals surface area contributed by atoms with Gasteiger partial charge >= 0.3 is 0 Å². The Bertz CT molecular complexity index is 1010. The number of nitrogens with zero attached hydrogens (tertiary/aromatic N) is 1. The maximum absolute atomic E-state index is 12.4. The summed E-state index contributed by atoms with van der Waals surface area (Å²) in [6, 6.07) is 11.6. The molecule has 134 valence electrons. The Balaban J connectivity index is 1.74. The lowest BCUT2D eigenvalue weighted by Crippen LogP contribution is -2.14. The molecule has 2 N–H and O–H groups in total. The van der Waals surface area contributed by atoms with Crippen molar-refractivity contribution in [3.8, 4) is 0 Å². The molecule has 0 atom stereocenters. The second kappa shape index (κ2) is 7.27. The third kappa shape index (κ3) is 4.27. The predicted octanol–water partition coefficient (Wildman–Crippen LogP) is 3.81. The van der Waals surface area contributed by atoms with Crippen molar-refractivity contribution in [1.82, 2.24) is 4.98 Å². The third-order valence-corrected chi connectivity index (χ3v) is 5.73. The van der Waals surface area contributed by atoms with Gasteiger partial charge in [-0.1, -0.05) is 17.2 Å². The molecular formula is C18H17N3O3S2. The SMILES string of the molecule is Cc1cc(C)cc(C(=O)Nc2ccc(S(=O)(=O)Nc3nccs3)cc2)c1. The smallest absolute Gasteiger partial charge is 0.263 e. The van der Waals surface area contributed by atoms with Crippen LogP contribution in [0.4, 0.5) is 10.8 Å². The zero-order valence-corrected chi connectivity index (χ0v) is 15.8. The van der Waals surface area contributed by atoms with Crippen molar-refractivity contribution in [2.24, 2.45) is 0 Å². The van der Waals surface area contributed by atoms with Gasteiger partial charge in [0.05, 0.1) is 4.90 Å². The Kier molecular flexibility index (Phi) is 5.06. The van der Waals surface area contributed by atoms with Gasteiger partial charge in [0.2, 0.25) is 0 Å². The van der Waals surface area contributed by atoms with E-state index in [0.29, 0.717) is 16.4 Å². The highest BCUT2D eigenvalue weighted by Crippen LogP contribution is 2.20. The molecule has 6 nitrogen and oxygen atoms in total. The van der Waals surface area contributed by atoms with E-state index in [9.17, 15) is 13.2 Å². The van der Waals surface area contributed by atoms with Crippen LogP contribution in [0.15, 0.2) is 58.9 Å². The van der Waals surface area contributed by atoms with Gasteiger partial charge in [0.15, 0.2) is 5.13 Å². The van der Waals surface area contributed by atoms with Crippen molar-refractivity contribution in [1.29, 1.82) is 0 Å². The van der Waals surface area contributed by atoms with Crippen LogP contribution in [0, 0.1) is 13.8 Å². The number of aromatic nitrogens is 1. The molecule has 0 aliphatic rings. The minimum atomic E-state index is -3.71. The fourth-order valence-electron chi connectivity index (χ4n) is 2.47. The number of hydrogen-bond acceptors (Lipinski definition) is 5. The number of thiazole rings is 1. The molecule has 3 rings (SSSR count). The van der Waals surface area contributed by atoms with Crippen molar-refractivity contribution >= 4 is 38.1 Å². The van der Waals surface area contributed by atoms with Crippen LogP contribution in [0.1, 0.15) is 21.5 Å². The molecule has 0 fully saturated rings. The number of carbonyl (C=O) groups excluding carboxylic acids is 1. The maximum atomic E-state index is 12.4. The summed E-state index contributed by atoms with van der Waals surface area (Å²) in [5.74, 6) is -0.242. The zero-order chi connectivity index (χ0) is 18.7. The largest absolute Gasteiger partial charge is 0.322 e. The molecule has 3 aromatic rings. The summed E-state index contributed by atoms with van der Waals surface area (Å²) in [4.78, 5) is 16.4. The van der Waals surface area contributed by atoms with Crippen molar-refractivity contribution < 1.29 is 13.2 Å². The van der Waals surface area contributed by atoms with Crippen LogP contribution in [-0.4, -0.2) is 19.3 Å². The Morgan fingerprint density at radius 2 is 1.69 bits per heavy atom. The van der Waals surface area contributed by atoms with Crippen LogP contribution >= 0.6 is 11.3 Å². The predicted molar refractivity (Wildman–Crippen MR) is 103 cm³/mol. The fourth-order valence-corrected chi connectivity index (χ4v) is 4.26. The van der Waals surface area contributed by atoms with E-state index in [0.717, 1.165) is 11.1 Å². The molecule has 0 bridgehead atoms. The number of benzene rings is 2. The summed E-state index contributed by atoms with van der Waals surface area (Å²) in [7, 11) is -3.71. The molecule has 0 aliphatic carbocycles. The highest BCUT2D eigenvalue weighted by Gasteiger charge is 2.15. The van der Waals surface area contributed by atoms with E-state index >= 15 is 0 Å². The van der Waals surface area contributed by atoms with Gasteiger partial charge in [-0.25, -0.2) is 13.4 Å². The Morgan fingerprint density at radius 1 is 1.04 bits per heavy atom. The van der Waals surface area contributed by atoms with Crippen molar-refractivity contribution in [2.75, 3.05) is 10.0 Å². The number of nitrogens with one attached hydrogen (secondary N) is 2. The first kappa shape index (κ1) is 18.1. The summed E-state index contributed by atoms with van der Waals surface area (Å²) in [5, 5.41) is 4.76. The minimum absolute atomic E-state index is 0.0945. The van der Waals surface area contributed by atoms with Gasteiger partial charge in [0.25, 0.3) is 15.9 Å². The van der Waals surface area contributed by atoms with Gasteiger partial charge in [0.1, 0.15) is 0 Å². The minimum Gasteiger partial charge on any atom is -0.322 e. The van der Waals surface area contributed by atoms with Crippen LogP contribution in [0.3, 0.4) is 0 Å².